The topological polar surface area (TPSA) is 76.0 Å². The SMILES string of the molecule is CCCCCNC(=O)c1nc(C(=O)NC(C)c2ccccc2)n2c1CCCC2. The number of fused-ring (bicyclic) bond motifs is 1. The van der Waals surface area contributed by atoms with Crippen LogP contribution in [0.4, 0.5) is 0 Å². The molecular formula is C22H30N4O2. The molecule has 0 bridgehead atoms. The Morgan fingerprint density at radius 3 is 2.68 bits per heavy atom. The number of nitrogens with zero attached hydrogens (tertiary/aromatic N) is 2. The number of unbranched alkanes of at least 4 members (excludes halogenated alkanes) is 2. The van der Waals surface area contributed by atoms with Crippen LogP contribution in [0, 0.1) is 0 Å². The Labute approximate surface area is 166 Å². The van der Waals surface area contributed by atoms with E-state index in [1.165, 1.54) is 0 Å². The Bertz CT molecular complexity index is 813. The molecule has 0 saturated carbocycles. The zero-order valence-electron chi connectivity index (χ0n) is 16.8. The molecule has 28 heavy (non-hydrogen) atoms. The third-order valence-corrected chi connectivity index (χ3v) is 5.25. The Hall–Kier alpha value is -2.63. The van der Waals surface area contributed by atoms with Gasteiger partial charge >= 0.3 is 0 Å². The number of rotatable bonds is 8. The fourth-order valence-corrected chi connectivity index (χ4v) is 3.65. The Kier molecular flexibility index (Phi) is 6.85. The molecule has 150 valence electrons. The highest BCUT2D eigenvalue weighted by Gasteiger charge is 2.27. The van der Waals surface area contributed by atoms with Crippen molar-refractivity contribution in [1.82, 2.24) is 20.2 Å². The molecule has 0 spiro atoms. The predicted octanol–water partition coefficient (Wildman–Crippen LogP) is 3.63. The average Bonchev–Trinajstić information content (AvgIpc) is 3.11. The maximum absolute atomic E-state index is 12.9. The van der Waals surface area contributed by atoms with Gasteiger partial charge in [0.05, 0.1) is 11.7 Å². The standard InChI is InChI=1S/C22H30N4O2/c1-3-4-9-14-23-21(27)19-18-13-8-10-15-26(18)20(25-19)22(28)24-16(2)17-11-6-5-7-12-17/h5-7,11-12,16H,3-4,8-10,13-15H2,1-2H3,(H,23,27)(H,24,28). The highest BCUT2D eigenvalue weighted by atomic mass is 16.2. The van der Waals surface area contributed by atoms with Gasteiger partial charge in [-0.25, -0.2) is 4.98 Å². The summed E-state index contributed by atoms with van der Waals surface area (Å²) in [7, 11) is 0. The number of carbonyl (C=O) groups is 2. The molecule has 6 nitrogen and oxygen atoms in total. The van der Waals surface area contributed by atoms with Crippen molar-refractivity contribution >= 4 is 11.8 Å². The molecule has 2 aromatic rings. The van der Waals surface area contributed by atoms with E-state index in [1.54, 1.807) is 0 Å². The summed E-state index contributed by atoms with van der Waals surface area (Å²) in [4.78, 5) is 30.0. The van der Waals surface area contributed by atoms with Crippen molar-refractivity contribution in [3.8, 4) is 0 Å². The lowest BCUT2D eigenvalue weighted by Crippen LogP contribution is -2.30. The number of benzene rings is 1. The van der Waals surface area contributed by atoms with Crippen LogP contribution in [0.5, 0.6) is 0 Å². The van der Waals surface area contributed by atoms with E-state index < -0.39 is 0 Å². The first kappa shape index (κ1) is 20.1. The molecule has 6 heteroatoms. The number of carbonyl (C=O) groups excluding carboxylic acids is 2. The summed E-state index contributed by atoms with van der Waals surface area (Å²) in [6.07, 6.45) is 5.96. The van der Waals surface area contributed by atoms with Crippen molar-refractivity contribution in [3.05, 3.63) is 53.1 Å². The van der Waals surface area contributed by atoms with Crippen LogP contribution in [0.15, 0.2) is 30.3 Å². The van der Waals surface area contributed by atoms with Crippen LogP contribution in [-0.4, -0.2) is 27.9 Å². The number of hydrogen-bond donors (Lipinski definition) is 2. The summed E-state index contributed by atoms with van der Waals surface area (Å²) in [5.41, 5.74) is 2.33. The van der Waals surface area contributed by atoms with E-state index >= 15 is 0 Å². The summed E-state index contributed by atoms with van der Waals surface area (Å²) >= 11 is 0. The highest BCUT2D eigenvalue weighted by Crippen LogP contribution is 2.22. The van der Waals surface area contributed by atoms with E-state index in [1.807, 2.05) is 41.8 Å². The Morgan fingerprint density at radius 1 is 1.14 bits per heavy atom. The van der Waals surface area contributed by atoms with Crippen molar-refractivity contribution in [3.63, 3.8) is 0 Å². The van der Waals surface area contributed by atoms with Gasteiger partial charge in [0.2, 0.25) is 0 Å². The van der Waals surface area contributed by atoms with Crippen LogP contribution in [0.2, 0.25) is 0 Å². The number of imidazole rings is 1. The summed E-state index contributed by atoms with van der Waals surface area (Å²) in [6.45, 7) is 5.46. The molecule has 1 aliphatic heterocycles. The van der Waals surface area contributed by atoms with Crippen LogP contribution in [0.1, 0.15) is 84.4 Å². The predicted molar refractivity (Wildman–Crippen MR) is 109 cm³/mol. The Balaban J connectivity index is 1.76. The molecule has 2 heterocycles. The molecule has 0 fully saturated rings. The number of hydrogen-bond acceptors (Lipinski definition) is 3. The summed E-state index contributed by atoms with van der Waals surface area (Å²) in [5, 5.41) is 5.98. The van der Waals surface area contributed by atoms with Gasteiger partial charge < -0.3 is 15.2 Å². The summed E-state index contributed by atoms with van der Waals surface area (Å²) in [6, 6.07) is 9.71. The largest absolute Gasteiger partial charge is 0.351 e. The van der Waals surface area contributed by atoms with Gasteiger partial charge in [-0.05, 0) is 38.2 Å². The van der Waals surface area contributed by atoms with Gasteiger partial charge in [-0.1, -0.05) is 50.1 Å². The molecule has 0 aliphatic carbocycles. The minimum Gasteiger partial charge on any atom is -0.351 e. The zero-order chi connectivity index (χ0) is 19.9. The fourth-order valence-electron chi connectivity index (χ4n) is 3.65. The van der Waals surface area contributed by atoms with Gasteiger partial charge in [-0.15, -0.1) is 0 Å². The maximum atomic E-state index is 12.9. The van der Waals surface area contributed by atoms with Gasteiger partial charge in [0, 0.05) is 13.1 Å². The number of nitrogens with one attached hydrogen (secondary N) is 2. The molecule has 1 aliphatic rings. The highest BCUT2D eigenvalue weighted by molar-refractivity contribution is 5.97. The second-order valence-corrected chi connectivity index (χ2v) is 7.41. The van der Waals surface area contributed by atoms with E-state index in [-0.39, 0.29) is 17.9 Å². The van der Waals surface area contributed by atoms with Crippen LogP contribution >= 0.6 is 0 Å². The van der Waals surface area contributed by atoms with Gasteiger partial charge in [0.1, 0.15) is 5.69 Å². The third kappa shape index (κ3) is 4.61. The van der Waals surface area contributed by atoms with Crippen LogP contribution in [-0.2, 0) is 13.0 Å². The van der Waals surface area contributed by atoms with E-state index in [0.717, 1.165) is 56.3 Å². The van der Waals surface area contributed by atoms with Crippen LogP contribution in [0.25, 0.3) is 0 Å². The monoisotopic (exact) mass is 382 g/mol. The number of aromatic nitrogens is 2. The fraction of sp³-hybridized carbons (Fsp3) is 0.500. The Morgan fingerprint density at radius 2 is 1.93 bits per heavy atom. The van der Waals surface area contributed by atoms with E-state index in [4.69, 9.17) is 0 Å². The first-order chi connectivity index (χ1) is 13.6. The number of amides is 2. The van der Waals surface area contributed by atoms with Gasteiger partial charge in [0.25, 0.3) is 11.8 Å². The van der Waals surface area contributed by atoms with E-state index in [0.29, 0.717) is 18.1 Å². The molecule has 2 N–H and O–H groups in total. The molecule has 1 atom stereocenters. The third-order valence-electron chi connectivity index (χ3n) is 5.25. The zero-order valence-corrected chi connectivity index (χ0v) is 16.8. The molecule has 2 amide bonds. The van der Waals surface area contributed by atoms with Crippen molar-refractivity contribution in [2.75, 3.05) is 6.54 Å². The van der Waals surface area contributed by atoms with E-state index in [2.05, 4.69) is 22.5 Å². The second-order valence-electron chi connectivity index (χ2n) is 7.41. The normalized spacial score (nSPS) is 14.2. The smallest absolute Gasteiger partial charge is 0.287 e. The van der Waals surface area contributed by atoms with Crippen LogP contribution in [0.3, 0.4) is 0 Å². The molecule has 0 saturated heterocycles. The minimum absolute atomic E-state index is 0.128. The summed E-state index contributed by atoms with van der Waals surface area (Å²) < 4.78 is 1.93. The lowest BCUT2D eigenvalue weighted by Gasteiger charge is -2.18. The van der Waals surface area contributed by atoms with Crippen molar-refractivity contribution < 1.29 is 9.59 Å². The lowest BCUT2D eigenvalue weighted by atomic mass is 10.1. The van der Waals surface area contributed by atoms with Gasteiger partial charge in [-0.3, -0.25) is 9.59 Å². The first-order valence-electron chi connectivity index (χ1n) is 10.3. The molecule has 1 unspecified atom stereocenters. The molecule has 1 aromatic heterocycles. The minimum atomic E-state index is -0.232. The van der Waals surface area contributed by atoms with E-state index in [9.17, 15) is 9.59 Å². The second kappa shape index (κ2) is 9.53. The van der Waals surface area contributed by atoms with Crippen molar-refractivity contribution in [2.24, 2.45) is 0 Å². The first-order valence-corrected chi connectivity index (χ1v) is 10.3. The lowest BCUT2D eigenvalue weighted by molar-refractivity contribution is 0.0923. The molecular weight excluding hydrogens is 352 g/mol. The van der Waals surface area contributed by atoms with Gasteiger partial charge in [0.15, 0.2) is 5.82 Å². The van der Waals surface area contributed by atoms with Crippen molar-refractivity contribution in [2.45, 2.75) is 65.0 Å². The average molecular weight is 383 g/mol. The maximum Gasteiger partial charge on any atom is 0.287 e. The molecule has 3 rings (SSSR count). The molecule has 1 aromatic carbocycles. The van der Waals surface area contributed by atoms with Crippen molar-refractivity contribution in [1.29, 1.82) is 0 Å². The molecule has 0 radical (unpaired) electrons. The summed E-state index contributed by atoms with van der Waals surface area (Å²) in [5.74, 6) is -0.0577. The van der Waals surface area contributed by atoms with Crippen LogP contribution < -0.4 is 10.6 Å². The van der Waals surface area contributed by atoms with Gasteiger partial charge in [-0.2, -0.15) is 0 Å². The quantitative estimate of drug-likeness (QED) is 0.685.